The Bertz CT molecular complexity index is 373. The van der Waals surface area contributed by atoms with Crippen molar-refractivity contribution in [2.75, 3.05) is 0 Å². The summed E-state index contributed by atoms with van der Waals surface area (Å²) in [6.07, 6.45) is 0. The van der Waals surface area contributed by atoms with E-state index < -0.39 is 47.8 Å². The molecule has 0 heterocycles. The van der Waals surface area contributed by atoms with Crippen molar-refractivity contribution in [2.45, 2.75) is 55.4 Å². The molecule has 0 bridgehead atoms. The molecule has 0 atom stereocenters. The van der Waals surface area contributed by atoms with Crippen molar-refractivity contribution in [2.24, 2.45) is 0 Å². The fourth-order valence-electron chi connectivity index (χ4n) is 0. The fourth-order valence-corrected chi connectivity index (χ4v) is 0. The summed E-state index contributed by atoms with van der Waals surface area (Å²) in [6, 6.07) is 0. The summed E-state index contributed by atoms with van der Waals surface area (Å²) in [4.78, 5) is 71.1. The Balaban J connectivity index is -0.0000000240. The van der Waals surface area contributed by atoms with Gasteiger partial charge in [-0.05, 0) is 55.4 Å². The number of rotatable bonds is 0. The van der Waals surface area contributed by atoms with E-state index >= 15 is 0 Å². The average molecular weight is 776 g/mol. The Hall–Kier alpha value is -2.56. The van der Waals surface area contributed by atoms with Crippen LogP contribution in [0.15, 0.2) is 0 Å². The van der Waals surface area contributed by atoms with Crippen molar-refractivity contribution in [1.82, 2.24) is 0 Å². The largest absolute Gasteiger partial charge is 6.00 e. The van der Waals surface area contributed by atoms with Crippen molar-refractivity contribution in [3.8, 4) is 0 Å². The zero-order valence-corrected chi connectivity index (χ0v) is 26.9. The summed E-state index contributed by atoms with van der Waals surface area (Å²) in [5.41, 5.74) is 0. The van der Waals surface area contributed by atoms with Gasteiger partial charge in [0.05, 0.1) is 0 Å². The predicted molar refractivity (Wildman–Crippen MR) is 85.4 cm³/mol. The Morgan fingerprint density at radius 2 is 0.294 bits per heavy atom. The molecule has 34 heavy (non-hydrogen) atoms. The van der Waals surface area contributed by atoms with Crippen molar-refractivity contribution < 1.29 is 130 Å². The van der Waals surface area contributed by atoms with E-state index in [-0.39, 0.29) is 50.6 Å². The molecule has 0 N–H and O–H groups in total. The minimum atomic E-state index is -1.08. The number of aliphatic carboxylic acids is 8. The van der Waals surface area contributed by atoms with Crippen LogP contribution in [0, 0.1) is 31.1 Å². The first-order chi connectivity index (χ1) is 13.9. The van der Waals surface area contributed by atoms with Crippen molar-refractivity contribution >= 4 is 47.8 Å². The molecule has 18 heteroatoms. The van der Waals surface area contributed by atoms with Gasteiger partial charge in [-0.15, -0.1) is 0 Å². The van der Waals surface area contributed by atoms with Gasteiger partial charge in [0.25, 0.3) is 0 Å². The molecule has 0 amide bonds. The standard InChI is InChI=1S/8C2H4O2.U.Zn/c8*1-2(3)4;;/h8*1H3,(H,3,4);;/q;;;;;;;;+6;+2/p-8. The molecule has 0 fully saturated rings. The number of hydrogen-bond acceptors (Lipinski definition) is 16. The second-order valence-electron chi connectivity index (χ2n) is 3.93. The van der Waals surface area contributed by atoms with Crippen LogP contribution in [-0.2, 0) is 57.8 Å². The topological polar surface area (TPSA) is 321 Å². The van der Waals surface area contributed by atoms with E-state index in [1.165, 1.54) is 0 Å². The van der Waals surface area contributed by atoms with Crippen molar-refractivity contribution in [3.63, 3.8) is 0 Å². The zero-order valence-electron chi connectivity index (χ0n) is 19.7. The molecule has 0 saturated heterocycles. The molecule has 0 unspecified atom stereocenters. The summed E-state index contributed by atoms with van der Waals surface area (Å²) in [5.74, 6) is -8.67. The van der Waals surface area contributed by atoms with Crippen LogP contribution in [0.1, 0.15) is 55.4 Å². The second kappa shape index (κ2) is 57.4. The van der Waals surface area contributed by atoms with Crippen LogP contribution >= 0.6 is 0 Å². The van der Waals surface area contributed by atoms with Gasteiger partial charge in [0.2, 0.25) is 0 Å². The molecular formula is C16H24O16UZn. The molecule has 0 aliphatic carbocycles. The van der Waals surface area contributed by atoms with Gasteiger partial charge in [-0.1, -0.05) is 0 Å². The van der Waals surface area contributed by atoms with Crippen LogP contribution in [0.5, 0.6) is 0 Å². The van der Waals surface area contributed by atoms with Crippen molar-refractivity contribution in [3.05, 3.63) is 0 Å². The average Bonchev–Trinajstić information content (AvgIpc) is 2.30. The first kappa shape index (κ1) is 63.4. The van der Waals surface area contributed by atoms with E-state index in [1.54, 1.807) is 0 Å². The Morgan fingerprint density at radius 3 is 0.294 bits per heavy atom. The fraction of sp³-hybridized carbons (Fsp3) is 0.500. The number of carboxylic acids is 8. The molecule has 0 radical (unpaired) electrons. The summed E-state index contributed by atoms with van der Waals surface area (Å²) in [7, 11) is 0. The third kappa shape index (κ3) is 3620. The van der Waals surface area contributed by atoms with E-state index in [1.807, 2.05) is 0 Å². The maximum absolute atomic E-state index is 8.89. The van der Waals surface area contributed by atoms with Gasteiger partial charge >= 0.3 is 50.6 Å². The Morgan fingerprint density at radius 1 is 0.294 bits per heavy atom. The van der Waals surface area contributed by atoms with Gasteiger partial charge < -0.3 is 79.2 Å². The van der Waals surface area contributed by atoms with Crippen molar-refractivity contribution in [1.29, 1.82) is 0 Å². The van der Waals surface area contributed by atoms with Gasteiger partial charge in [-0.3, -0.25) is 0 Å². The molecule has 0 rings (SSSR count). The minimum Gasteiger partial charge on any atom is -0.550 e. The zero-order chi connectivity index (χ0) is 28.6. The molecule has 0 aromatic carbocycles. The maximum atomic E-state index is 8.89. The van der Waals surface area contributed by atoms with E-state index in [2.05, 4.69) is 0 Å². The molecule has 0 spiro atoms. The van der Waals surface area contributed by atoms with Crippen LogP contribution in [0.25, 0.3) is 0 Å². The number of hydrogen-bond donors (Lipinski definition) is 0. The van der Waals surface area contributed by atoms with E-state index in [0.29, 0.717) is 0 Å². The Labute approximate surface area is 232 Å². The van der Waals surface area contributed by atoms with Gasteiger partial charge in [0.1, 0.15) is 0 Å². The second-order valence-corrected chi connectivity index (χ2v) is 3.93. The molecule has 0 aliphatic heterocycles. The van der Waals surface area contributed by atoms with Gasteiger partial charge in [-0.25, -0.2) is 0 Å². The normalized spacial score (nSPS) is 5.88. The van der Waals surface area contributed by atoms with Crippen LogP contribution < -0.4 is 40.9 Å². The maximum Gasteiger partial charge on any atom is 6.00 e. The summed E-state index contributed by atoms with van der Waals surface area (Å²) in [6.45, 7) is 7.78. The smallest absolute Gasteiger partial charge is 0.550 e. The molecule has 16 nitrogen and oxygen atoms in total. The van der Waals surface area contributed by atoms with Crippen LogP contribution in [-0.4, -0.2) is 47.8 Å². The monoisotopic (exact) mass is 774 g/mol. The molecule has 0 aromatic heterocycles. The number of carboxylic acid groups (broad SMARTS) is 8. The molecular weight excluding hydrogens is 752 g/mol. The van der Waals surface area contributed by atoms with E-state index in [4.69, 9.17) is 79.2 Å². The quantitative estimate of drug-likeness (QED) is 0.206. The van der Waals surface area contributed by atoms with Gasteiger partial charge in [0, 0.05) is 47.8 Å². The van der Waals surface area contributed by atoms with Gasteiger partial charge in [0.15, 0.2) is 0 Å². The number of carbonyl (C=O) groups excluding carboxylic acids is 8. The minimum absolute atomic E-state index is 0. The van der Waals surface area contributed by atoms with Crippen LogP contribution in [0.4, 0.5) is 0 Å². The van der Waals surface area contributed by atoms with Crippen LogP contribution in [0.3, 0.4) is 0 Å². The first-order valence-electron chi connectivity index (χ1n) is 7.27. The van der Waals surface area contributed by atoms with E-state index in [0.717, 1.165) is 55.4 Å². The number of carbonyl (C=O) groups is 8. The third-order valence-electron chi connectivity index (χ3n) is 0. The molecule has 190 valence electrons. The molecule has 0 aliphatic rings. The molecule has 0 aromatic rings. The molecule has 0 saturated carbocycles. The Kier molecular flexibility index (Phi) is 107. The predicted octanol–water partition coefficient (Wildman–Crippen LogP) is -9.95. The summed E-state index contributed by atoms with van der Waals surface area (Å²) in [5, 5.41) is 71.1. The first-order valence-corrected chi connectivity index (χ1v) is 7.27. The van der Waals surface area contributed by atoms with E-state index in [9.17, 15) is 0 Å². The summed E-state index contributed by atoms with van der Waals surface area (Å²) < 4.78 is 0. The SMILES string of the molecule is CC(=O)[O-].CC(=O)[O-].CC(=O)[O-].CC(=O)[O-].CC(=O)[O-].CC(=O)[O-].CC(=O)[O-].CC(=O)[O-].[U+6].[Zn+2]. The van der Waals surface area contributed by atoms with Crippen LogP contribution in [0.2, 0.25) is 0 Å². The third-order valence-corrected chi connectivity index (χ3v) is 0. The summed E-state index contributed by atoms with van der Waals surface area (Å²) >= 11 is 0. The van der Waals surface area contributed by atoms with Gasteiger partial charge in [-0.2, -0.15) is 0 Å².